The van der Waals surface area contributed by atoms with E-state index in [1.807, 2.05) is 6.07 Å². The molecule has 0 aliphatic heterocycles. The number of aromatic nitrogens is 1. The highest BCUT2D eigenvalue weighted by Crippen LogP contribution is 2.14. The standard InChI is InChI=1S/C18H19FN2OS/c19-18-6-5-14(9-15(18)13-22)10-20-11-16-3-1-7-21(16)12-17-4-2-8-23-17/h1-9,20,22H,10-13H2. The Morgan fingerprint density at radius 2 is 2.04 bits per heavy atom. The quantitative estimate of drug-likeness (QED) is 0.695. The summed E-state index contributed by atoms with van der Waals surface area (Å²) in [6.45, 7) is 1.98. The summed E-state index contributed by atoms with van der Waals surface area (Å²) in [7, 11) is 0. The maximum absolute atomic E-state index is 13.4. The highest BCUT2D eigenvalue weighted by molar-refractivity contribution is 7.09. The molecule has 2 heterocycles. The molecule has 2 aromatic heterocycles. The number of hydrogen-bond donors (Lipinski definition) is 2. The average molecular weight is 330 g/mol. The minimum absolute atomic E-state index is 0.274. The lowest BCUT2D eigenvalue weighted by molar-refractivity contribution is 0.275. The van der Waals surface area contributed by atoms with Gasteiger partial charge in [0.05, 0.1) is 13.2 Å². The van der Waals surface area contributed by atoms with Gasteiger partial charge in [0.2, 0.25) is 0 Å². The molecule has 120 valence electrons. The SMILES string of the molecule is OCc1cc(CNCc2cccn2Cc2cccs2)ccc1F. The van der Waals surface area contributed by atoms with Crippen LogP contribution in [0.3, 0.4) is 0 Å². The summed E-state index contributed by atoms with van der Waals surface area (Å²) in [5.74, 6) is -0.360. The first-order valence-corrected chi connectivity index (χ1v) is 8.39. The van der Waals surface area contributed by atoms with E-state index in [4.69, 9.17) is 5.11 Å². The van der Waals surface area contributed by atoms with E-state index in [1.54, 1.807) is 23.5 Å². The molecule has 0 aliphatic rings. The van der Waals surface area contributed by atoms with Crippen molar-refractivity contribution >= 4 is 11.3 Å². The molecule has 3 rings (SSSR count). The Labute approximate surface area is 139 Å². The Balaban J connectivity index is 1.58. The summed E-state index contributed by atoms with van der Waals surface area (Å²) >= 11 is 1.76. The fourth-order valence-electron chi connectivity index (χ4n) is 2.53. The summed E-state index contributed by atoms with van der Waals surface area (Å²) in [6.07, 6.45) is 2.08. The molecule has 0 radical (unpaired) electrons. The van der Waals surface area contributed by atoms with Crippen LogP contribution in [0.25, 0.3) is 0 Å². The fourth-order valence-corrected chi connectivity index (χ4v) is 3.23. The van der Waals surface area contributed by atoms with Gasteiger partial charge >= 0.3 is 0 Å². The Morgan fingerprint density at radius 3 is 2.83 bits per heavy atom. The first-order chi connectivity index (χ1) is 11.3. The molecular weight excluding hydrogens is 311 g/mol. The average Bonchev–Trinajstić information content (AvgIpc) is 3.22. The second-order valence-electron chi connectivity index (χ2n) is 5.39. The van der Waals surface area contributed by atoms with Crippen molar-refractivity contribution in [3.63, 3.8) is 0 Å². The molecule has 0 saturated carbocycles. The number of hydrogen-bond acceptors (Lipinski definition) is 3. The maximum Gasteiger partial charge on any atom is 0.128 e. The Kier molecular flexibility index (Phi) is 5.23. The first kappa shape index (κ1) is 15.9. The van der Waals surface area contributed by atoms with Gasteiger partial charge in [0, 0.05) is 35.4 Å². The zero-order valence-electron chi connectivity index (χ0n) is 12.7. The van der Waals surface area contributed by atoms with Gasteiger partial charge in [-0.1, -0.05) is 12.1 Å². The van der Waals surface area contributed by atoms with Crippen molar-refractivity contribution in [2.75, 3.05) is 0 Å². The summed E-state index contributed by atoms with van der Waals surface area (Å²) in [5, 5.41) is 14.6. The Hall–Kier alpha value is -1.95. The molecule has 0 spiro atoms. The van der Waals surface area contributed by atoms with Gasteiger partial charge in [-0.2, -0.15) is 0 Å². The number of aliphatic hydroxyl groups excluding tert-OH is 1. The molecule has 5 heteroatoms. The van der Waals surface area contributed by atoms with Crippen LogP contribution in [0.15, 0.2) is 54.0 Å². The molecule has 2 N–H and O–H groups in total. The van der Waals surface area contributed by atoms with Gasteiger partial charge in [0.1, 0.15) is 5.82 Å². The van der Waals surface area contributed by atoms with Crippen molar-refractivity contribution in [2.45, 2.75) is 26.2 Å². The van der Waals surface area contributed by atoms with Crippen LogP contribution in [0.4, 0.5) is 4.39 Å². The molecule has 23 heavy (non-hydrogen) atoms. The number of aliphatic hydroxyl groups is 1. The highest BCUT2D eigenvalue weighted by Gasteiger charge is 2.05. The molecule has 0 fully saturated rings. The highest BCUT2D eigenvalue weighted by atomic mass is 32.1. The second kappa shape index (κ2) is 7.55. The zero-order valence-corrected chi connectivity index (χ0v) is 13.5. The minimum Gasteiger partial charge on any atom is -0.392 e. The lowest BCUT2D eigenvalue weighted by Gasteiger charge is -2.10. The van der Waals surface area contributed by atoms with E-state index in [2.05, 4.69) is 39.7 Å². The molecule has 0 unspecified atom stereocenters. The molecular formula is C18H19FN2OS. The van der Waals surface area contributed by atoms with Gasteiger partial charge < -0.3 is 15.0 Å². The molecule has 0 atom stereocenters. The molecule has 0 bridgehead atoms. The van der Waals surface area contributed by atoms with E-state index in [1.165, 1.54) is 16.6 Å². The monoisotopic (exact) mass is 330 g/mol. The van der Waals surface area contributed by atoms with E-state index >= 15 is 0 Å². The van der Waals surface area contributed by atoms with Gasteiger partial charge in [-0.05, 0) is 41.3 Å². The van der Waals surface area contributed by atoms with Crippen molar-refractivity contribution in [1.29, 1.82) is 0 Å². The van der Waals surface area contributed by atoms with Crippen molar-refractivity contribution in [1.82, 2.24) is 9.88 Å². The zero-order chi connectivity index (χ0) is 16.1. The van der Waals surface area contributed by atoms with Gasteiger partial charge in [0.15, 0.2) is 0 Å². The van der Waals surface area contributed by atoms with Crippen molar-refractivity contribution < 1.29 is 9.50 Å². The van der Waals surface area contributed by atoms with Crippen LogP contribution in [0, 0.1) is 5.82 Å². The van der Waals surface area contributed by atoms with Crippen LogP contribution in [-0.4, -0.2) is 9.67 Å². The summed E-state index contributed by atoms with van der Waals surface area (Å²) < 4.78 is 15.6. The van der Waals surface area contributed by atoms with E-state index < -0.39 is 0 Å². The molecule has 3 aromatic rings. The van der Waals surface area contributed by atoms with E-state index in [0.717, 1.165) is 18.7 Å². The number of benzene rings is 1. The normalized spacial score (nSPS) is 11.0. The van der Waals surface area contributed by atoms with Crippen molar-refractivity contribution in [3.8, 4) is 0 Å². The number of nitrogens with zero attached hydrogens (tertiary/aromatic N) is 1. The predicted octanol–water partition coefficient (Wildman–Crippen LogP) is 3.52. The largest absolute Gasteiger partial charge is 0.392 e. The van der Waals surface area contributed by atoms with Crippen LogP contribution in [-0.2, 0) is 26.2 Å². The van der Waals surface area contributed by atoms with Crippen LogP contribution >= 0.6 is 11.3 Å². The summed E-state index contributed by atoms with van der Waals surface area (Å²) in [4.78, 5) is 1.33. The lowest BCUT2D eigenvalue weighted by atomic mass is 10.1. The first-order valence-electron chi connectivity index (χ1n) is 7.51. The number of nitrogens with one attached hydrogen (secondary N) is 1. The third-order valence-electron chi connectivity index (χ3n) is 3.75. The summed E-state index contributed by atoms with van der Waals surface area (Å²) in [5.41, 5.74) is 2.51. The van der Waals surface area contributed by atoms with Crippen molar-refractivity contribution in [2.24, 2.45) is 0 Å². The maximum atomic E-state index is 13.4. The third kappa shape index (κ3) is 4.07. The van der Waals surface area contributed by atoms with E-state index in [-0.39, 0.29) is 12.4 Å². The van der Waals surface area contributed by atoms with Crippen LogP contribution in [0.1, 0.15) is 21.7 Å². The smallest absolute Gasteiger partial charge is 0.128 e. The minimum atomic E-state index is -0.360. The van der Waals surface area contributed by atoms with E-state index in [9.17, 15) is 4.39 Å². The van der Waals surface area contributed by atoms with Crippen LogP contribution < -0.4 is 5.32 Å². The van der Waals surface area contributed by atoms with Gasteiger partial charge in [-0.25, -0.2) is 4.39 Å². The van der Waals surface area contributed by atoms with Crippen LogP contribution in [0.2, 0.25) is 0 Å². The lowest BCUT2D eigenvalue weighted by Crippen LogP contribution is -2.16. The van der Waals surface area contributed by atoms with Gasteiger partial charge in [0.25, 0.3) is 0 Å². The number of halogens is 1. The molecule has 1 aromatic carbocycles. The molecule has 0 aliphatic carbocycles. The van der Waals surface area contributed by atoms with Gasteiger partial charge in [-0.3, -0.25) is 0 Å². The second-order valence-corrected chi connectivity index (χ2v) is 6.43. The molecule has 0 saturated heterocycles. The molecule has 3 nitrogen and oxygen atoms in total. The number of rotatable bonds is 7. The third-order valence-corrected chi connectivity index (χ3v) is 4.61. The van der Waals surface area contributed by atoms with Crippen molar-refractivity contribution in [3.05, 3.63) is 81.6 Å². The van der Waals surface area contributed by atoms with Crippen LogP contribution in [0.5, 0.6) is 0 Å². The topological polar surface area (TPSA) is 37.2 Å². The Bertz CT molecular complexity index is 752. The molecule has 0 amide bonds. The predicted molar refractivity (Wildman–Crippen MR) is 90.7 cm³/mol. The van der Waals surface area contributed by atoms with Gasteiger partial charge in [-0.15, -0.1) is 11.3 Å². The Morgan fingerprint density at radius 1 is 1.13 bits per heavy atom. The summed E-state index contributed by atoms with van der Waals surface area (Å²) in [6, 6.07) is 13.2. The number of thiophene rings is 1. The van der Waals surface area contributed by atoms with E-state index in [0.29, 0.717) is 12.1 Å². The fraction of sp³-hybridized carbons (Fsp3) is 0.222.